The maximum Gasteiger partial charge on any atom is 0.00414 e. The van der Waals surface area contributed by atoms with Crippen LogP contribution in [0.3, 0.4) is 0 Å². The zero-order valence-electron chi connectivity index (χ0n) is 11.9. The standard InChI is InChI=1S/C16H33N/c1-2-3-4-5-6-7-8-11-15-12-9-10-13-16(17)14-15/h15-16H,2-14,17H2,1H3. The van der Waals surface area contributed by atoms with E-state index in [2.05, 4.69) is 6.92 Å². The first-order valence-corrected chi connectivity index (χ1v) is 8.08. The molecule has 0 aromatic carbocycles. The Balaban J connectivity index is 1.94. The van der Waals surface area contributed by atoms with Crippen molar-refractivity contribution in [1.82, 2.24) is 0 Å². The number of rotatable bonds is 8. The van der Waals surface area contributed by atoms with Crippen LogP contribution in [0.2, 0.25) is 0 Å². The smallest absolute Gasteiger partial charge is 0.00414 e. The summed E-state index contributed by atoms with van der Waals surface area (Å²) < 4.78 is 0. The predicted molar refractivity (Wildman–Crippen MR) is 77.2 cm³/mol. The molecule has 0 aromatic rings. The largest absolute Gasteiger partial charge is 0.328 e. The molecule has 0 spiro atoms. The van der Waals surface area contributed by atoms with Crippen LogP contribution in [-0.4, -0.2) is 6.04 Å². The van der Waals surface area contributed by atoms with Crippen LogP contribution in [-0.2, 0) is 0 Å². The second kappa shape index (κ2) is 9.94. The van der Waals surface area contributed by atoms with Crippen LogP contribution in [0.1, 0.15) is 90.4 Å². The first kappa shape index (κ1) is 15.0. The summed E-state index contributed by atoms with van der Waals surface area (Å²) in [7, 11) is 0. The highest BCUT2D eigenvalue weighted by molar-refractivity contribution is 4.73. The van der Waals surface area contributed by atoms with Gasteiger partial charge in [0.15, 0.2) is 0 Å². The molecule has 17 heavy (non-hydrogen) atoms. The minimum absolute atomic E-state index is 0.507. The van der Waals surface area contributed by atoms with Gasteiger partial charge in [-0.15, -0.1) is 0 Å². The van der Waals surface area contributed by atoms with Crippen LogP contribution in [0.4, 0.5) is 0 Å². The fourth-order valence-corrected chi connectivity index (χ4v) is 3.16. The van der Waals surface area contributed by atoms with Gasteiger partial charge in [-0.05, 0) is 18.8 Å². The normalized spacial score (nSPS) is 25.8. The Hall–Kier alpha value is -0.0400. The van der Waals surface area contributed by atoms with Crippen molar-refractivity contribution in [2.24, 2.45) is 11.7 Å². The Morgan fingerprint density at radius 2 is 1.53 bits per heavy atom. The molecular formula is C16H33N. The number of hydrogen-bond acceptors (Lipinski definition) is 1. The maximum absolute atomic E-state index is 6.11. The SMILES string of the molecule is CCCCCCCCCC1CCCCC(N)C1. The van der Waals surface area contributed by atoms with Crippen LogP contribution < -0.4 is 5.73 Å². The molecule has 0 aromatic heterocycles. The van der Waals surface area contributed by atoms with Gasteiger partial charge in [-0.3, -0.25) is 0 Å². The van der Waals surface area contributed by atoms with E-state index in [9.17, 15) is 0 Å². The van der Waals surface area contributed by atoms with E-state index in [-0.39, 0.29) is 0 Å². The van der Waals surface area contributed by atoms with Crippen LogP contribution >= 0.6 is 0 Å². The van der Waals surface area contributed by atoms with Gasteiger partial charge in [0.1, 0.15) is 0 Å². The molecule has 0 bridgehead atoms. The average Bonchev–Trinajstić information content (AvgIpc) is 2.52. The first-order chi connectivity index (χ1) is 8.33. The van der Waals surface area contributed by atoms with Crippen molar-refractivity contribution >= 4 is 0 Å². The second-order valence-electron chi connectivity index (χ2n) is 6.06. The number of nitrogens with two attached hydrogens (primary N) is 1. The lowest BCUT2D eigenvalue weighted by Crippen LogP contribution is -2.21. The van der Waals surface area contributed by atoms with Gasteiger partial charge in [-0.2, -0.15) is 0 Å². The molecule has 1 saturated carbocycles. The average molecular weight is 239 g/mol. The fraction of sp³-hybridized carbons (Fsp3) is 1.00. The molecule has 1 aliphatic rings. The Labute approximate surface area is 109 Å². The lowest BCUT2D eigenvalue weighted by molar-refractivity contribution is 0.386. The van der Waals surface area contributed by atoms with Crippen LogP contribution in [0, 0.1) is 5.92 Å². The van der Waals surface area contributed by atoms with E-state index in [1.807, 2.05) is 0 Å². The van der Waals surface area contributed by atoms with E-state index < -0.39 is 0 Å². The van der Waals surface area contributed by atoms with Gasteiger partial charge in [-0.1, -0.05) is 77.6 Å². The van der Waals surface area contributed by atoms with E-state index in [1.54, 1.807) is 0 Å². The fourth-order valence-electron chi connectivity index (χ4n) is 3.16. The van der Waals surface area contributed by atoms with Gasteiger partial charge < -0.3 is 5.73 Å². The minimum atomic E-state index is 0.507. The summed E-state index contributed by atoms with van der Waals surface area (Å²) in [5, 5.41) is 0. The molecule has 1 aliphatic carbocycles. The molecule has 0 saturated heterocycles. The van der Waals surface area contributed by atoms with E-state index in [1.165, 1.54) is 83.5 Å². The number of unbranched alkanes of at least 4 members (excludes halogenated alkanes) is 6. The summed E-state index contributed by atoms with van der Waals surface area (Å²) >= 11 is 0. The highest BCUT2D eigenvalue weighted by Gasteiger charge is 2.16. The highest BCUT2D eigenvalue weighted by atomic mass is 14.6. The Kier molecular flexibility index (Phi) is 8.78. The Morgan fingerprint density at radius 3 is 2.29 bits per heavy atom. The summed E-state index contributed by atoms with van der Waals surface area (Å²) in [4.78, 5) is 0. The van der Waals surface area contributed by atoms with Gasteiger partial charge >= 0.3 is 0 Å². The lowest BCUT2D eigenvalue weighted by atomic mass is 9.92. The molecule has 1 nitrogen and oxygen atoms in total. The van der Waals surface area contributed by atoms with Crippen molar-refractivity contribution in [2.45, 2.75) is 96.4 Å². The van der Waals surface area contributed by atoms with Gasteiger partial charge in [0.25, 0.3) is 0 Å². The maximum atomic E-state index is 6.11. The summed E-state index contributed by atoms with van der Waals surface area (Å²) in [6.45, 7) is 2.29. The van der Waals surface area contributed by atoms with Crippen LogP contribution in [0.15, 0.2) is 0 Å². The van der Waals surface area contributed by atoms with Gasteiger partial charge in [0, 0.05) is 6.04 Å². The summed E-state index contributed by atoms with van der Waals surface area (Å²) in [5.74, 6) is 0.947. The highest BCUT2D eigenvalue weighted by Crippen LogP contribution is 2.26. The third-order valence-electron chi connectivity index (χ3n) is 4.29. The molecule has 2 N–H and O–H groups in total. The monoisotopic (exact) mass is 239 g/mol. The molecule has 1 heteroatoms. The molecular weight excluding hydrogens is 206 g/mol. The third-order valence-corrected chi connectivity index (χ3v) is 4.29. The Bertz CT molecular complexity index is 167. The number of hydrogen-bond donors (Lipinski definition) is 1. The van der Waals surface area contributed by atoms with E-state index in [0.29, 0.717) is 6.04 Å². The van der Waals surface area contributed by atoms with Gasteiger partial charge in [0.2, 0.25) is 0 Å². The molecule has 0 aliphatic heterocycles. The zero-order chi connectivity index (χ0) is 12.3. The topological polar surface area (TPSA) is 26.0 Å². The van der Waals surface area contributed by atoms with Crippen molar-refractivity contribution < 1.29 is 0 Å². The molecule has 1 rings (SSSR count). The molecule has 0 radical (unpaired) electrons. The van der Waals surface area contributed by atoms with E-state index in [4.69, 9.17) is 5.73 Å². The van der Waals surface area contributed by atoms with Crippen molar-refractivity contribution in [1.29, 1.82) is 0 Å². The first-order valence-electron chi connectivity index (χ1n) is 8.08. The minimum Gasteiger partial charge on any atom is -0.328 e. The van der Waals surface area contributed by atoms with E-state index >= 15 is 0 Å². The van der Waals surface area contributed by atoms with E-state index in [0.717, 1.165) is 5.92 Å². The molecule has 102 valence electrons. The summed E-state index contributed by atoms with van der Waals surface area (Å²) in [6, 6.07) is 0.507. The molecule has 0 heterocycles. The van der Waals surface area contributed by atoms with Crippen LogP contribution in [0.5, 0.6) is 0 Å². The van der Waals surface area contributed by atoms with Crippen molar-refractivity contribution in [3.63, 3.8) is 0 Å². The molecule has 2 unspecified atom stereocenters. The molecule has 1 fully saturated rings. The summed E-state index contributed by atoms with van der Waals surface area (Å²) in [5.41, 5.74) is 6.11. The third kappa shape index (κ3) is 7.81. The van der Waals surface area contributed by atoms with Gasteiger partial charge in [-0.25, -0.2) is 0 Å². The molecule has 2 atom stereocenters. The van der Waals surface area contributed by atoms with Gasteiger partial charge in [0.05, 0.1) is 0 Å². The van der Waals surface area contributed by atoms with Crippen molar-refractivity contribution in [3.8, 4) is 0 Å². The predicted octanol–water partition coefficient (Wildman–Crippen LogP) is 5.03. The molecule has 0 amide bonds. The Morgan fingerprint density at radius 1 is 0.882 bits per heavy atom. The van der Waals surface area contributed by atoms with Crippen LogP contribution in [0.25, 0.3) is 0 Å². The zero-order valence-corrected chi connectivity index (χ0v) is 11.9. The quantitative estimate of drug-likeness (QED) is 0.466. The van der Waals surface area contributed by atoms with Crippen molar-refractivity contribution in [3.05, 3.63) is 0 Å². The lowest BCUT2D eigenvalue weighted by Gasteiger charge is -2.16. The van der Waals surface area contributed by atoms with Crippen molar-refractivity contribution in [2.75, 3.05) is 0 Å². The second-order valence-corrected chi connectivity index (χ2v) is 6.06. The summed E-state index contributed by atoms with van der Waals surface area (Å²) in [6.07, 6.45) is 18.3.